The zero-order chi connectivity index (χ0) is 24.5. The monoisotopic (exact) mass is 473 g/mol. The van der Waals surface area contributed by atoms with Crippen LogP contribution in [0.3, 0.4) is 0 Å². The number of anilines is 1. The van der Waals surface area contributed by atoms with Gasteiger partial charge in [-0.3, -0.25) is 19.0 Å². The van der Waals surface area contributed by atoms with Crippen LogP contribution in [0.15, 0.2) is 53.5 Å². The van der Waals surface area contributed by atoms with Crippen LogP contribution in [0.2, 0.25) is 0 Å². The van der Waals surface area contributed by atoms with Crippen molar-refractivity contribution in [3.63, 3.8) is 0 Å². The molecule has 0 aliphatic heterocycles. The molecule has 5 heterocycles. The number of furan rings is 1. The van der Waals surface area contributed by atoms with E-state index >= 15 is 0 Å². The molecule has 0 radical (unpaired) electrons. The Morgan fingerprint density at radius 3 is 2.77 bits per heavy atom. The van der Waals surface area contributed by atoms with E-state index in [-0.39, 0.29) is 23.6 Å². The second-order valence-corrected chi connectivity index (χ2v) is 7.87. The molecule has 5 rings (SSSR count). The second-order valence-electron chi connectivity index (χ2n) is 7.87. The molecule has 2 N–H and O–H groups in total. The highest BCUT2D eigenvalue weighted by molar-refractivity contribution is 6.07. The zero-order valence-corrected chi connectivity index (χ0v) is 19.4. The number of nitrogens with one attached hydrogen (secondary N) is 2. The first-order valence-corrected chi connectivity index (χ1v) is 11.0. The maximum Gasteiger partial charge on any atom is 0.276 e. The molecule has 35 heavy (non-hydrogen) atoms. The molecule has 5 aromatic rings. The standard InChI is InChI=1S/C23H23N9O3/c1-4-31-14(2)16(12-26-31)19-7-8-24-20-10-17(28-32(19)20)22(33)27-18-13-30(3)29-21(18)23(34)25-11-15-6-5-9-35-15/h5-10,12-13H,4,11H2,1-3H3,(H,25,34)(H,27,33). The molecule has 0 saturated heterocycles. The van der Waals surface area contributed by atoms with E-state index in [1.54, 1.807) is 48.4 Å². The fourth-order valence-corrected chi connectivity index (χ4v) is 3.83. The quantitative estimate of drug-likeness (QED) is 0.370. The molecule has 2 amide bonds. The van der Waals surface area contributed by atoms with Gasteiger partial charge in [-0.15, -0.1) is 0 Å². The molecule has 178 valence electrons. The Kier molecular flexibility index (Phi) is 5.61. The van der Waals surface area contributed by atoms with Gasteiger partial charge in [0.15, 0.2) is 17.0 Å². The fourth-order valence-electron chi connectivity index (χ4n) is 3.83. The summed E-state index contributed by atoms with van der Waals surface area (Å²) in [6.45, 7) is 4.95. The van der Waals surface area contributed by atoms with Crippen LogP contribution < -0.4 is 10.6 Å². The molecular formula is C23H23N9O3. The number of aryl methyl sites for hydroxylation is 2. The van der Waals surface area contributed by atoms with E-state index in [0.717, 1.165) is 23.5 Å². The summed E-state index contributed by atoms with van der Waals surface area (Å²) in [5.74, 6) is -0.331. The van der Waals surface area contributed by atoms with Crippen LogP contribution in [0.4, 0.5) is 5.69 Å². The minimum Gasteiger partial charge on any atom is -0.467 e. The Bertz CT molecular complexity index is 1530. The van der Waals surface area contributed by atoms with Gasteiger partial charge in [0, 0.05) is 43.3 Å². The molecule has 0 spiro atoms. The summed E-state index contributed by atoms with van der Waals surface area (Å²) in [6, 6.07) is 6.90. The van der Waals surface area contributed by atoms with Gasteiger partial charge in [0.2, 0.25) is 0 Å². The van der Waals surface area contributed by atoms with Crippen molar-refractivity contribution in [3.05, 3.63) is 72.0 Å². The third kappa shape index (κ3) is 4.16. The summed E-state index contributed by atoms with van der Waals surface area (Å²) in [4.78, 5) is 30.1. The van der Waals surface area contributed by atoms with Crippen molar-refractivity contribution in [1.82, 2.24) is 39.5 Å². The maximum absolute atomic E-state index is 13.1. The number of fused-ring (bicyclic) bond motifs is 1. The highest BCUT2D eigenvalue weighted by Crippen LogP contribution is 2.24. The van der Waals surface area contributed by atoms with Gasteiger partial charge < -0.3 is 15.1 Å². The highest BCUT2D eigenvalue weighted by atomic mass is 16.3. The van der Waals surface area contributed by atoms with Crippen LogP contribution >= 0.6 is 0 Å². The molecule has 0 aliphatic carbocycles. The molecule has 12 heteroatoms. The van der Waals surface area contributed by atoms with Crippen LogP contribution in [-0.4, -0.2) is 46.0 Å². The molecule has 5 aromatic heterocycles. The molecule has 0 aliphatic rings. The minimum absolute atomic E-state index is 0.0811. The molecule has 0 aromatic carbocycles. The van der Waals surface area contributed by atoms with Gasteiger partial charge in [-0.1, -0.05) is 0 Å². The zero-order valence-electron chi connectivity index (χ0n) is 19.4. The SMILES string of the molecule is CCn1ncc(-c2ccnc3cc(C(=O)Nc4cn(C)nc4C(=O)NCc4ccco4)nn23)c1C. The Hall–Kier alpha value is -4.74. The van der Waals surface area contributed by atoms with Crippen molar-refractivity contribution < 1.29 is 14.0 Å². The average Bonchev–Trinajstić information content (AvgIpc) is 3.63. The first-order chi connectivity index (χ1) is 16.9. The van der Waals surface area contributed by atoms with E-state index in [9.17, 15) is 9.59 Å². The lowest BCUT2D eigenvalue weighted by molar-refractivity contribution is 0.0943. The van der Waals surface area contributed by atoms with E-state index in [1.165, 1.54) is 10.9 Å². The smallest absolute Gasteiger partial charge is 0.276 e. The number of hydrogen-bond donors (Lipinski definition) is 2. The highest BCUT2D eigenvalue weighted by Gasteiger charge is 2.21. The van der Waals surface area contributed by atoms with Crippen LogP contribution in [0, 0.1) is 6.92 Å². The Morgan fingerprint density at radius 1 is 1.17 bits per heavy atom. The van der Waals surface area contributed by atoms with Gasteiger partial charge in [-0.05, 0) is 32.0 Å². The number of carbonyl (C=O) groups excluding carboxylic acids is 2. The Balaban J connectivity index is 1.40. The number of carbonyl (C=O) groups is 2. The van der Waals surface area contributed by atoms with Crippen molar-refractivity contribution in [2.45, 2.75) is 26.9 Å². The van der Waals surface area contributed by atoms with Crippen LogP contribution in [0.1, 0.15) is 39.4 Å². The number of hydrogen-bond acceptors (Lipinski definition) is 7. The van der Waals surface area contributed by atoms with Gasteiger partial charge in [-0.2, -0.15) is 15.3 Å². The van der Waals surface area contributed by atoms with Crippen LogP contribution in [0.25, 0.3) is 16.9 Å². The van der Waals surface area contributed by atoms with Crippen molar-refractivity contribution in [2.75, 3.05) is 5.32 Å². The molecule has 0 saturated carbocycles. The number of amides is 2. The third-order valence-corrected chi connectivity index (χ3v) is 5.56. The largest absolute Gasteiger partial charge is 0.467 e. The number of aromatic nitrogens is 7. The van der Waals surface area contributed by atoms with Crippen molar-refractivity contribution in [2.24, 2.45) is 7.05 Å². The molecule has 0 atom stereocenters. The first-order valence-electron chi connectivity index (χ1n) is 11.0. The predicted octanol–water partition coefficient (Wildman–Crippen LogP) is 2.43. The van der Waals surface area contributed by atoms with Gasteiger partial charge in [0.1, 0.15) is 5.76 Å². The van der Waals surface area contributed by atoms with Crippen LogP contribution in [0.5, 0.6) is 0 Å². The summed E-state index contributed by atoms with van der Waals surface area (Å²) in [5, 5.41) is 18.5. The number of nitrogens with zero attached hydrogens (tertiary/aromatic N) is 7. The van der Waals surface area contributed by atoms with E-state index in [1.807, 2.05) is 24.6 Å². The van der Waals surface area contributed by atoms with E-state index in [0.29, 0.717) is 11.4 Å². The van der Waals surface area contributed by atoms with Gasteiger partial charge in [0.25, 0.3) is 11.8 Å². The number of rotatable bonds is 7. The second kappa shape index (κ2) is 8.89. The third-order valence-electron chi connectivity index (χ3n) is 5.56. The average molecular weight is 473 g/mol. The summed E-state index contributed by atoms with van der Waals surface area (Å²) in [7, 11) is 1.67. The normalized spacial score (nSPS) is 11.2. The molecule has 0 bridgehead atoms. The topological polar surface area (TPSA) is 137 Å². The summed E-state index contributed by atoms with van der Waals surface area (Å²) >= 11 is 0. The first kappa shape index (κ1) is 22.1. The van der Waals surface area contributed by atoms with Gasteiger partial charge in [0.05, 0.1) is 30.4 Å². The van der Waals surface area contributed by atoms with Gasteiger partial charge in [-0.25, -0.2) is 9.50 Å². The van der Waals surface area contributed by atoms with Gasteiger partial charge >= 0.3 is 0 Å². The minimum atomic E-state index is -0.490. The van der Waals surface area contributed by atoms with Crippen molar-refractivity contribution in [3.8, 4) is 11.3 Å². The summed E-state index contributed by atoms with van der Waals surface area (Å²) in [6.07, 6.45) is 6.53. The van der Waals surface area contributed by atoms with E-state index in [2.05, 4.69) is 30.9 Å². The van der Waals surface area contributed by atoms with Crippen LogP contribution in [-0.2, 0) is 20.1 Å². The predicted molar refractivity (Wildman–Crippen MR) is 126 cm³/mol. The fraction of sp³-hybridized carbons (Fsp3) is 0.217. The molecule has 0 unspecified atom stereocenters. The Morgan fingerprint density at radius 2 is 2.03 bits per heavy atom. The molecular weight excluding hydrogens is 450 g/mol. The maximum atomic E-state index is 13.1. The lowest BCUT2D eigenvalue weighted by Gasteiger charge is -2.05. The lowest BCUT2D eigenvalue weighted by atomic mass is 10.2. The van der Waals surface area contributed by atoms with Crippen molar-refractivity contribution in [1.29, 1.82) is 0 Å². The van der Waals surface area contributed by atoms with E-state index < -0.39 is 11.8 Å². The van der Waals surface area contributed by atoms with E-state index in [4.69, 9.17) is 4.42 Å². The lowest BCUT2D eigenvalue weighted by Crippen LogP contribution is -2.25. The molecule has 0 fully saturated rings. The van der Waals surface area contributed by atoms with Crippen molar-refractivity contribution >= 4 is 23.1 Å². The summed E-state index contributed by atoms with van der Waals surface area (Å²) < 4.78 is 10.2. The molecule has 12 nitrogen and oxygen atoms in total. The summed E-state index contributed by atoms with van der Waals surface area (Å²) in [5.41, 5.74) is 3.66. The Labute approximate surface area is 199 Å².